The minimum Gasteiger partial charge on any atom is -0.369 e. The highest BCUT2D eigenvalue weighted by atomic mass is 32.2. The molecule has 6 nitrogen and oxygen atoms in total. The molecule has 1 fully saturated rings. The molecule has 0 bridgehead atoms. The van der Waals surface area contributed by atoms with Gasteiger partial charge in [-0.25, -0.2) is 8.42 Å². The van der Waals surface area contributed by atoms with Crippen LogP contribution in [0, 0.1) is 13.8 Å². The molecule has 2 aromatic carbocycles. The number of rotatable bonds is 3. The molecule has 0 radical (unpaired) electrons. The number of carbonyl (C=O) groups excluding carboxylic acids is 1. The number of hydrogen-bond acceptors (Lipinski definition) is 4. The van der Waals surface area contributed by atoms with E-state index in [-0.39, 0.29) is 11.3 Å². The Balaban J connectivity index is 1.57. The van der Waals surface area contributed by atoms with Gasteiger partial charge in [0.05, 0.1) is 4.90 Å². The highest BCUT2D eigenvalue weighted by molar-refractivity contribution is 7.89. The van der Waals surface area contributed by atoms with Crippen molar-refractivity contribution in [2.75, 3.05) is 42.5 Å². The summed E-state index contributed by atoms with van der Waals surface area (Å²) in [5, 5.41) is 0. The average Bonchev–Trinajstić information content (AvgIpc) is 3.01. The van der Waals surface area contributed by atoms with Crippen LogP contribution in [0.25, 0.3) is 0 Å². The highest BCUT2D eigenvalue weighted by Gasteiger charge is 2.38. The SMILES string of the molecule is CC(=O)N1CC(C)(C)c2cc(S(=O)(=O)N3CCN(c4cccc(C)c4C)CC3)ccc21. The van der Waals surface area contributed by atoms with Crippen LogP contribution >= 0.6 is 0 Å². The lowest BCUT2D eigenvalue weighted by Gasteiger charge is -2.36. The molecular weight excluding hydrogens is 410 g/mol. The van der Waals surface area contributed by atoms with Gasteiger partial charge in [-0.3, -0.25) is 4.79 Å². The second-order valence-electron chi connectivity index (χ2n) is 9.28. The minimum absolute atomic E-state index is 0.0232. The molecule has 1 amide bonds. The van der Waals surface area contributed by atoms with E-state index in [0.717, 1.165) is 11.3 Å². The Kier molecular flexibility index (Phi) is 5.38. The predicted molar refractivity (Wildman–Crippen MR) is 124 cm³/mol. The van der Waals surface area contributed by atoms with Gasteiger partial charge < -0.3 is 9.80 Å². The Morgan fingerprint density at radius 1 is 0.968 bits per heavy atom. The number of hydrogen-bond donors (Lipinski definition) is 0. The van der Waals surface area contributed by atoms with Crippen molar-refractivity contribution in [3.8, 4) is 0 Å². The molecule has 0 N–H and O–H groups in total. The summed E-state index contributed by atoms with van der Waals surface area (Å²) in [5.74, 6) is -0.0232. The third-order valence-corrected chi connectivity index (χ3v) is 8.61. The number of fused-ring (bicyclic) bond motifs is 1. The number of nitrogens with zero attached hydrogens (tertiary/aromatic N) is 3. The van der Waals surface area contributed by atoms with E-state index < -0.39 is 10.0 Å². The normalized spacial score (nSPS) is 18.9. The summed E-state index contributed by atoms with van der Waals surface area (Å²) in [6.45, 7) is 12.7. The van der Waals surface area contributed by atoms with E-state index in [1.807, 2.05) is 13.8 Å². The zero-order valence-corrected chi connectivity index (χ0v) is 19.8. The fourth-order valence-corrected chi connectivity index (χ4v) is 6.15. The summed E-state index contributed by atoms with van der Waals surface area (Å²) in [5.41, 5.74) is 5.12. The summed E-state index contributed by atoms with van der Waals surface area (Å²) in [4.78, 5) is 16.3. The Morgan fingerprint density at radius 2 is 1.65 bits per heavy atom. The second kappa shape index (κ2) is 7.64. The summed E-state index contributed by atoms with van der Waals surface area (Å²) in [7, 11) is -3.59. The number of anilines is 2. The summed E-state index contributed by atoms with van der Waals surface area (Å²) in [6, 6.07) is 11.5. The van der Waals surface area contributed by atoms with Crippen LogP contribution in [0.5, 0.6) is 0 Å². The van der Waals surface area contributed by atoms with Gasteiger partial charge in [-0.15, -0.1) is 0 Å². The monoisotopic (exact) mass is 441 g/mol. The van der Waals surface area contributed by atoms with E-state index in [1.165, 1.54) is 16.8 Å². The lowest BCUT2D eigenvalue weighted by molar-refractivity contribution is -0.116. The lowest BCUT2D eigenvalue weighted by atomic mass is 9.87. The second-order valence-corrected chi connectivity index (χ2v) is 11.2. The molecule has 4 rings (SSSR count). The highest BCUT2D eigenvalue weighted by Crippen LogP contribution is 2.42. The molecule has 1 saturated heterocycles. The standard InChI is InChI=1S/C24H31N3O3S/c1-17-7-6-8-22(18(17)2)25-11-13-26(14-12-25)31(29,30)20-9-10-23-21(15-20)24(4,5)16-27(23)19(3)28/h6-10,15H,11-14,16H2,1-5H3. The van der Waals surface area contributed by atoms with Crippen molar-refractivity contribution in [1.29, 1.82) is 0 Å². The van der Waals surface area contributed by atoms with Crippen LogP contribution in [0.3, 0.4) is 0 Å². The van der Waals surface area contributed by atoms with Crippen molar-refractivity contribution in [3.05, 3.63) is 53.1 Å². The van der Waals surface area contributed by atoms with E-state index in [4.69, 9.17) is 0 Å². The molecule has 0 atom stereocenters. The number of piperazine rings is 1. The predicted octanol–water partition coefficient (Wildman–Crippen LogP) is 3.46. The van der Waals surface area contributed by atoms with E-state index in [1.54, 1.807) is 34.3 Å². The Morgan fingerprint density at radius 3 is 2.29 bits per heavy atom. The van der Waals surface area contributed by atoms with Gasteiger partial charge in [0.25, 0.3) is 0 Å². The minimum atomic E-state index is -3.59. The maximum absolute atomic E-state index is 13.4. The maximum Gasteiger partial charge on any atom is 0.243 e. The van der Waals surface area contributed by atoms with Gasteiger partial charge in [-0.05, 0) is 54.8 Å². The quantitative estimate of drug-likeness (QED) is 0.732. The molecule has 2 aliphatic heterocycles. The van der Waals surface area contributed by atoms with Gasteiger partial charge in [0, 0.05) is 56.4 Å². The molecule has 0 aliphatic carbocycles. The van der Waals surface area contributed by atoms with Crippen LogP contribution < -0.4 is 9.80 Å². The van der Waals surface area contributed by atoms with Crippen LogP contribution in [0.4, 0.5) is 11.4 Å². The summed E-state index contributed by atoms with van der Waals surface area (Å²) in [6.07, 6.45) is 0. The Bertz CT molecular complexity index is 1130. The third-order valence-electron chi connectivity index (χ3n) is 6.71. The zero-order chi connectivity index (χ0) is 22.6. The van der Waals surface area contributed by atoms with Crippen molar-refractivity contribution in [2.24, 2.45) is 0 Å². The molecule has 0 unspecified atom stereocenters. The molecule has 0 saturated carbocycles. The lowest BCUT2D eigenvalue weighted by Crippen LogP contribution is -2.48. The van der Waals surface area contributed by atoms with E-state index >= 15 is 0 Å². The van der Waals surface area contributed by atoms with E-state index in [9.17, 15) is 13.2 Å². The first-order chi connectivity index (χ1) is 14.5. The fourth-order valence-electron chi connectivity index (χ4n) is 4.70. The molecule has 2 aromatic rings. The number of benzene rings is 2. The van der Waals surface area contributed by atoms with Crippen molar-refractivity contribution < 1.29 is 13.2 Å². The molecule has 0 aromatic heterocycles. The number of aryl methyl sites for hydroxylation is 1. The van der Waals surface area contributed by atoms with Gasteiger partial charge in [-0.2, -0.15) is 4.31 Å². The fraction of sp³-hybridized carbons (Fsp3) is 0.458. The third kappa shape index (κ3) is 3.74. The van der Waals surface area contributed by atoms with Crippen LogP contribution in [0.15, 0.2) is 41.3 Å². The first-order valence-electron chi connectivity index (χ1n) is 10.8. The van der Waals surface area contributed by atoms with Crippen LogP contribution in [-0.4, -0.2) is 51.4 Å². The summed E-state index contributed by atoms with van der Waals surface area (Å²) >= 11 is 0. The van der Waals surface area contributed by atoms with Gasteiger partial charge in [0.1, 0.15) is 0 Å². The first kappa shape index (κ1) is 21.8. The van der Waals surface area contributed by atoms with Gasteiger partial charge in [0.2, 0.25) is 15.9 Å². The molecule has 7 heteroatoms. The van der Waals surface area contributed by atoms with Crippen molar-refractivity contribution in [2.45, 2.75) is 44.9 Å². The Labute approximate surface area is 185 Å². The van der Waals surface area contributed by atoms with Crippen molar-refractivity contribution in [3.63, 3.8) is 0 Å². The molecular formula is C24H31N3O3S. The van der Waals surface area contributed by atoms with Crippen molar-refractivity contribution >= 4 is 27.3 Å². The molecule has 0 spiro atoms. The topological polar surface area (TPSA) is 60.9 Å². The number of sulfonamides is 1. The smallest absolute Gasteiger partial charge is 0.243 e. The van der Waals surface area contributed by atoms with Gasteiger partial charge in [-0.1, -0.05) is 26.0 Å². The van der Waals surface area contributed by atoms with Crippen molar-refractivity contribution in [1.82, 2.24) is 4.31 Å². The summed E-state index contributed by atoms with van der Waals surface area (Å²) < 4.78 is 28.4. The van der Waals surface area contributed by atoms with E-state index in [2.05, 4.69) is 36.9 Å². The maximum atomic E-state index is 13.4. The molecule has 2 aliphatic rings. The average molecular weight is 442 g/mol. The zero-order valence-electron chi connectivity index (χ0n) is 19.0. The largest absolute Gasteiger partial charge is 0.369 e. The molecule has 2 heterocycles. The molecule has 31 heavy (non-hydrogen) atoms. The Hall–Kier alpha value is -2.38. The molecule has 166 valence electrons. The van der Waals surface area contributed by atoms with Crippen LogP contribution in [-0.2, 0) is 20.2 Å². The number of carbonyl (C=O) groups is 1. The van der Waals surface area contributed by atoms with Crippen LogP contribution in [0.1, 0.15) is 37.5 Å². The number of amides is 1. The van der Waals surface area contributed by atoms with Gasteiger partial charge in [0.15, 0.2) is 0 Å². The van der Waals surface area contributed by atoms with Gasteiger partial charge >= 0.3 is 0 Å². The van der Waals surface area contributed by atoms with E-state index in [0.29, 0.717) is 37.6 Å². The van der Waals surface area contributed by atoms with Crippen LogP contribution in [0.2, 0.25) is 0 Å². The first-order valence-corrected chi connectivity index (χ1v) is 12.2.